The van der Waals surface area contributed by atoms with Gasteiger partial charge in [-0.1, -0.05) is 53.5 Å². The highest BCUT2D eigenvalue weighted by Gasteiger charge is 2.28. The van der Waals surface area contributed by atoms with Crippen molar-refractivity contribution in [2.24, 2.45) is 0 Å². The van der Waals surface area contributed by atoms with E-state index < -0.39 is 0 Å². The number of rotatable bonds is 14. The molecule has 0 radical (unpaired) electrons. The minimum absolute atomic E-state index is 0.0768. The maximum absolute atomic E-state index is 12.1. The summed E-state index contributed by atoms with van der Waals surface area (Å²) in [6.07, 6.45) is 17.5. The summed E-state index contributed by atoms with van der Waals surface area (Å²) < 4.78 is 0. The number of piperazine rings is 1. The molecule has 0 aromatic carbocycles. The van der Waals surface area contributed by atoms with Gasteiger partial charge in [-0.25, -0.2) is 0 Å². The molecule has 1 aliphatic rings. The molecule has 1 heterocycles. The van der Waals surface area contributed by atoms with Gasteiger partial charge in [0.1, 0.15) is 5.78 Å². The highest BCUT2D eigenvalue weighted by atomic mass is 16.1. The van der Waals surface area contributed by atoms with E-state index >= 15 is 0 Å². The van der Waals surface area contributed by atoms with E-state index in [2.05, 4.69) is 75.6 Å². The molecule has 0 spiro atoms. The topological polar surface area (TPSA) is 23.6 Å². The molecule has 0 N–H and O–H groups in total. The van der Waals surface area contributed by atoms with Crippen LogP contribution in [0.3, 0.4) is 0 Å². The van der Waals surface area contributed by atoms with E-state index in [0.717, 1.165) is 71.2 Å². The fourth-order valence-corrected chi connectivity index (χ4v) is 4.26. The zero-order chi connectivity index (χ0) is 23.9. The van der Waals surface area contributed by atoms with E-state index in [1.54, 1.807) is 6.92 Å². The summed E-state index contributed by atoms with van der Waals surface area (Å²) in [4.78, 5) is 16.9. The monoisotopic (exact) mass is 442 g/mol. The average Bonchev–Trinajstić information content (AvgIpc) is 2.72. The van der Waals surface area contributed by atoms with Gasteiger partial charge in [0.15, 0.2) is 0 Å². The van der Waals surface area contributed by atoms with Crippen LogP contribution in [-0.4, -0.2) is 54.3 Å². The van der Waals surface area contributed by atoms with E-state index in [1.165, 1.54) is 28.7 Å². The predicted molar refractivity (Wildman–Crippen MR) is 141 cm³/mol. The van der Waals surface area contributed by atoms with Gasteiger partial charge in [0.25, 0.3) is 0 Å². The Kier molecular flexibility index (Phi) is 14.5. The number of hydrogen-bond donors (Lipinski definition) is 0. The summed E-state index contributed by atoms with van der Waals surface area (Å²) in [5.74, 6) is 0.308. The van der Waals surface area contributed by atoms with E-state index in [0.29, 0.717) is 5.78 Å². The average molecular weight is 443 g/mol. The predicted octanol–water partition coefficient (Wildman–Crippen LogP) is 7.12. The molecule has 0 aliphatic carbocycles. The summed E-state index contributed by atoms with van der Waals surface area (Å²) in [7, 11) is 0. The third-order valence-electron chi connectivity index (χ3n) is 6.41. The van der Waals surface area contributed by atoms with Crippen LogP contribution in [-0.2, 0) is 4.79 Å². The Morgan fingerprint density at radius 1 is 0.781 bits per heavy atom. The molecule has 0 saturated carbocycles. The molecule has 0 aromatic rings. The molecule has 3 nitrogen and oxygen atoms in total. The van der Waals surface area contributed by atoms with Crippen LogP contribution in [0.4, 0.5) is 0 Å². The van der Waals surface area contributed by atoms with Crippen molar-refractivity contribution in [2.75, 3.05) is 32.7 Å². The number of nitrogens with zero attached hydrogens (tertiary/aromatic N) is 2. The molecule has 182 valence electrons. The number of carbonyl (C=O) groups excluding carboxylic acids is 1. The second-order valence-corrected chi connectivity index (χ2v) is 9.97. The maximum atomic E-state index is 12.1. The van der Waals surface area contributed by atoms with E-state index in [-0.39, 0.29) is 6.04 Å². The first-order chi connectivity index (χ1) is 15.2. The zero-order valence-corrected chi connectivity index (χ0v) is 22.2. The minimum Gasteiger partial charge on any atom is -0.298 e. The first-order valence-corrected chi connectivity index (χ1v) is 12.8. The van der Waals surface area contributed by atoms with Gasteiger partial charge in [0, 0.05) is 26.2 Å². The van der Waals surface area contributed by atoms with Crippen molar-refractivity contribution < 1.29 is 4.79 Å². The van der Waals surface area contributed by atoms with Gasteiger partial charge in [-0.15, -0.1) is 0 Å². The standard InChI is InChI=1S/C29H50N2O/c1-8-19-31-22-21-30(23-29(31)28(7)32)20-18-27(6)17-11-16-26(5)15-10-14-25(4)13-9-12-24(2)3/h12,14,16,18,29H,8-11,13,15,17,19-23H2,1-7H3. The summed E-state index contributed by atoms with van der Waals surface area (Å²) in [6, 6.07) is 0.0768. The summed E-state index contributed by atoms with van der Waals surface area (Å²) in [5.41, 5.74) is 5.88. The van der Waals surface area contributed by atoms with Crippen molar-refractivity contribution >= 4 is 5.78 Å². The lowest BCUT2D eigenvalue weighted by atomic mass is 10.0. The Morgan fingerprint density at radius 2 is 1.31 bits per heavy atom. The van der Waals surface area contributed by atoms with Gasteiger partial charge < -0.3 is 0 Å². The fraction of sp³-hybridized carbons (Fsp3) is 0.690. The molecule has 1 saturated heterocycles. The highest BCUT2D eigenvalue weighted by molar-refractivity contribution is 5.81. The van der Waals surface area contributed by atoms with Gasteiger partial charge >= 0.3 is 0 Å². The van der Waals surface area contributed by atoms with Gasteiger partial charge in [-0.05, 0) is 93.0 Å². The van der Waals surface area contributed by atoms with Crippen molar-refractivity contribution in [3.63, 3.8) is 0 Å². The largest absolute Gasteiger partial charge is 0.298 e. The number of ketones is 1. The van der Waals surface area contributed by atoms with Gasteiger partial charge in [0.05, 0.1) is 6.04 Å². The zero-order valence-electron chi connectivity index (χ0n) is 22.2. The van der Waals surface area contributed by atoms with Crippen LogP contribution in [0, 0.1) is 0 Å². The molecule has 1 aliphatic heterocycles. The maximum Gasteiger partial charge on any atom is 0.148 e. The Hall–Kier alpha value is -1.45. The third kappa shape index (κ3) is 12.6. The molecule has 0 amide bonds. The second kappa shape index (κ2) is 16.2. The fourth-order valence-electron chi connectivity index (χ4n) is 4.26. The Morgan fingerprint density at radius 3 is 1.81 bits per heavy atom. The summed E-state index contributed by atoms with van der Waals surface area (Å²) in [6.45, 7) is 20.0. The molecule has 0 bridgehead atoms. The van der Waals surface area contributed by atoms with Crippen LogP contribution >= 0.6 is 0 Å². The van der Waals surface area contributed by atoms with Crippen molar-refractivity contribution in [3.05, 3.63) is 46.6 Å². The second-order valence-electron chi connectivity index (χ2n) is 9.97. The SMILES string of the molecule is CCCN1CCN(CC=C(C)CCC=C(C)CCC=C(C)CCC=C(C)C)CC1C(C)=O. The van der Waals surface area contributed by atoms with E-state index in [1.807, 2.05) is 0 Å². The van der Waals surface area contributed by atoms with Gasteiger partial charge in [-0.3, -0.25) is 14.6 Å². The van der Waals surface area contributed by atoms with Crippen LogP contribution in [0.1, 0.15) is 93.4 Å². The normalized spacial score (nSPS) is 19.3. The smallest absolute Gasteiger partial charge is 0.148 e. The molecule has 1 fully saturated rings. The summed E-state index contributed by atoms with van der Waals surface area (Å²) in [5, 5.41) is 0. The third-order valence-corrected chi connectivity index (χ3v) is 6.41. The van der Waals surface area contributed by atoms with Crippen molar-refractivity contribution in [3.8, 4) is 0 Å². The van der Waals surface area contributed by atoms with E-state index in [4.69, 9.17) is 0 Å². The molecular weight excluding hydrogens is 392 g/mol. The quantitative estimate of drug-likeness (QED) is 0.268. The van der Waals surface area contributed by atoms with Crippen molar-refractivity contribution in [1.29, 1.82) is 0 Å². The number of Topliss-reactive ketones (excluding diaryl/α,β-unsaturated/α-hetero) is 1. The first-order valence-electron chi connectivity index (χ1n) is 12.8. The number of hydrogen-bond acceptors (Lipinski definition) is 3. The first kappa shape index (κ1) is 28.6. The lowest BCUT2D eigenvalue weighted by Crippen LogP contribution is -2.55. The molecule has 3 heteroatoms. The van der Waals surface area contributed by atoms with Crippen LogP contribution in [0.5, 0.6) is 0 Å². The van der Waals surface area contributed by atoms with Crippen molar-refractivity contribution in [1.82, 2.24) is 9.80 Å². The van der Waals surface area contributed by atoms with Crippen LogP contribution in [0.15, 0.2) is 46.6 Å². The molecule has 1 atom stereocenters. The lowest BCUT2D eigenvalue weighted by molar-refractivity contribution is -0.124. The van der Waals surface area contributed by atoms with Crippen LogP contribution in [0.25, 0.3) is 0 Å². The molecular formula is C29H50N2O. The van der Waals surface area contributed by atoms with Crippen molar-refractivity contribution in [2.45, 2.75) is 99.5 Å². The number of allylic oxidation sites excluding steroid dienone is 7. The van der Waals surface area contributed by atoms with Crippen LogP contribution in [0.2, 0.25) is 0 Å². The Bertz CT molecular complexity index is 679. The Labute approximate surface area is 199 Å². The highest BCUT2D eigenvalue weighted by Crippen LogP contribution is 2.15. The Balaban J connectivity index is 2.34. The van der Waals surface area contributed by atoms with Crippen LogP contribution < -0.4 is 0 Å². The van der Waals surface area contributed by atoms with Gasteiger partial charge in [-0.2, -0.15) is 0 Å². The number of carbonyl (C=O) groups is 1. The lowest BCUT2D eigenvalue weighted by Gasteiger charge is -2.39. The minimum atomic E-state index is 0.0768. The molecule has 1 unspecified atom stereocenters. The molecule has 32 heavy (non-hydrogen) atoms. The molecule has 1 rings (SSSR count). The van der Waals surface area contributed by atoms with Gasteiger partial charge in [0.2, 0.25) is 0 Å². The van der Waals surface area contributed by atoms with E-state index in [9.17, 15) is 4.79 Å². The summed E-state index contributed by atoms with van der Waals surface area (Å²) >= 11 is 0. The molecule has 0 aromatic heterocycles.